The molecule has 0 fully saturated rings. The molecule has 0 saturated heterocycles. The lowest BCUT2D eigenvalue weighted by atomic mass is 10.2. The quantitative estimate of drug-likeness (QED) is 0.923. The number of aromatic nitrogens is 1. The third-order valence-electron chi connectivity index (χ3n) is 2.15. The number of nitrogens with zero attached hydrogens (tertiary/aromatic N) is 1. The van der Waals surface area contributed by atoms with Gasteiger partial charge in [-0.05, 0) is 40.2 Å². The zero-order valence-electron chi connectivity index (χ0n) is 8.95. The van der Waals surface area contributed by atoms with Gasteiger partial charge in [-0.15, -0.1) is 0 Å². The van der Waals surface area contributed by atoms with Gasteiger partial charge in [0.15, 0.2) is 0 Å². The summed E-state index contributed by atoms with van der Waals surface area (Å²) in [5, 5.41) is 2.26. The third-order valence-corrected chi connectivity index (χ3v) is 2.79. The number of halogens is 3. The number of rotatable bonds is 2. The van der Waals surface area contributed by atoms with Gasteiger partial charge < -0.3 is 5.32 Å². The highest BCUT2D eigenvalue weighted by Crippen LogP contribution is 2.18. The van der Waals surface area contributed by atoms with E-state index in [1.807, 2.05) is 0 Å². The van der Waals surface area contributed by atoms with Crippen molar-refractivity contribution >= 4 is 27.5 Å². The SMILES string of the molecule is O=C(Nc1cc(F)ccc1F)c1ncccc1Br. The first kappa shape index (κ1) is 12.6. The molecule has 0 radical (unpaired) electrons. The summed E-state index contributed by atoms with van der Waals surface area (Å²) in [4.78, 5) is 15.7. The van der Waals surface area contributed by atoms with Gasteiger partial charge in [-0.25, -0.2) is 13.8 Å². The first-order valence-electron chi connectivity index (χ1n) is 4.95. The highest BCUT2D eigenvalue weighted by Gasteiger charge is 2.13. The van der Waals surface area contributed by atoms with Crippen LogP contribution in [0.3, 0.4) is 0 Å². The van der Waals surface area contributed by atoms with Gasteiger partial charge in [0.25, 0.3) is 5.91 Å². The molecule has 92 valence electrons. The van der Waals surface area contributed by atoms with Crippen molar-refractivity contribution in [3.05, 3.63) is 58.3 Å². The molecule has 0 atom stereocenters. The Balaban J connectivity index is 2.27. The zero-order valence-corrected chi connectivity index (χ0v) is 10.5. The van der Waals surface area contributed by atoms with Crippen molar-refractivity contribution in [2.75, 3.05) is 5.32 Å². The predicted molar refractivity (Wildman–Crippen MR) is 66.2 cm³/mol. The van der Waals surface area contributed by atoms with Crippen molar-refractivity contribution in [2.45, 2.75) is 0 Å². The second kappa shape index (κ2) is 5.22. The van der Waals surface area contributed by atoms with Gasteiger partial charge in [-0.3, -0.25) is 4.79 Å². The summed E-state index contributed by atoms with van der Waals surface area (Å²) < 4.78 is 26.7. The van der Waals surface area contributed by atoms with E-state index in [9.17, 15) is 13.6 Å². The second-order valence-electron chi connectivity index (χ2n) is 3.41. The molecule has 2 aromatic rings. The summed E-state index contributed by atoms with van der Waals surface area (Å²) in [5.41, 5.74) is -0.126. The minimum absolute atomic E-state index is 0.0983. The topological polar surface area (TPSA) is 42.0 Å². The monoisotopic (exact) mass is 312 g/mol. The van der Waals surface area contributed by atoms with Gasteiger partial charge >= 0.3 is 0 Å². The van der Waals surface area contributed by atoms with Gasteiger partial charge in [0, 0.05) is 16.7 Å². The number of benzene rings is 1. The fourth-order valence-corrected chi connectivity index (χ4v) is 1.76. The number of hydrogen-bond donors (Lipinski definition) is 1. The summed E-state index contributed by atoms with van der Waals surface area (Å²) in [6, 6.07) is 6.09. The number of hydrogen-bond acceptors (Lipinski definition) is 2. The number of nitrogens with one attached hydrogen (secondary N) is 1. The number of anilines is 1. The molecule has 1 amide bonds. The molecule has 2 rings (SSSR count). The highest BCUT2D eigenvalue weighted by atomic mass is 79.9. The number of pyridine rings is 1. The van der Waals surface area contributed by atoms with Crippen LogP contribution in [-0.4, -0.2) is 10.9 Å². The lowest BCUT2D eigenvalue weighted by molar-refractivity contribution is 0.102. The van der Waals surface area contributed by atoms with E-state index in [4.69, 9.17) is 0 Å². The molecular formula is C12H7BrF2N2O. The molecule has 0 bridgehead atoms. The molecule has 6 heteroatoms. The van der Waals surface area contributed by atoms with Crippen LogP contribution in [0.25, 0.3) is 0 Å². The zero-order chi connectivity index (χ0) is 13.1. The van der Waals surface area contributed by atoms with Gasteiger partial charge in [-0.2, -0.15) is 0 Å². The Morgan fingerprint density at radius 2 is 2.06 bits per heavy atom. The molecule has 1 N–H and O–H groups in total. The maximum Gasteiger partial charge on any atom is 0.275 e. The smallest absolute Gasteiger partial charge is 0.275 e. The number of carbonyl (C=O) groups is 1. The average Bonchev–Trinajstić information content (AvgIpc) is 2.34. The molecule has 3 nitrogen and oxygen atoms in total. The van der Waals surface area contributed by atoms with Crippen LogP contribution < -0.4 is 5.32 Å². The highest BCUT2D eigenvalue weighted by molar-refractivity contribution is 9.10. The van der Waals surface area contributed by atoms with Crippen molar-refractivity contribution in [3.63, 3.8) is 0 Å². The van der Waals surface area contributed by atoms with Crippen molar-refractivity contribution < 1.29 is 13.6 Å². The predicted octanol–water partition coefficient (Wildman–Crippen LogP) is 3.37. The third kappa shape index (κ3) is 2.70. The minimum atomic E-state index is -0.711. The summed E-state index contributed by atoms with van der Waals surface area (Å²) >= 11 is 3.15. The molecule has 1 aromatic carbocycles. The number of carbonyl (C=O) groups excluding carboxylic acids is 1. The first-order chi connectivity index (χ1) is 8.58. The summed E-state index contributed by atoms with van der Waals surface area (Å²) in [5.74, 6) is -1.96. The van der Waals surface area contributed by atoms with E-state index in [1.165, 1.54) is 6.20 Å². The van der Waals surface area contributed by atoms with E-state index < -0.39 is 17.5 Å². The Bertz CT molecular complexity index is 604. The molecule has 0 aliphatic rings. The standard InChI is InChI=1S/C12H7BrF2N2O/c13-8-2-1-5-16-11(8)12(18)17-10-6-7(14)3-4-9(10)15/h1-6H,(H,17,18). The van der Waals surface area contributed by atoms with Crippen molar-refractivity contribution in [3.8, 4) is 0 Å². The normalized spacial score (nSPS) is 10.2. The molecule has 0 unspecified atom stereocenters. The van der Waals surface area contributed by atoms with Crippen LogP contribution in [0.15, 0.2) is 41.0 Å². The summed E-state index contributed by atoms with van der Waals surface area (Å²) in [6.45, 7) is 0. The van der Waals surface area contributed by atoms with Crippen LogP contribution in [-0.2, 0) is 0 Å². The van der Waals surface area contributed by atoms with Crippen LogP contribution in [0, 0.1) is 11.6 Å². The molecule has 1 heterocycles. The van der Waals surface area contributed by atoms with E-state index in [0.717, 1.165) is 18.2 Å². The van der Waals surface area contributed by atoms with Crippen molar-refractivity contribution in [2.24, 2.45) is 0 Å². The Kier molecular flexibility index (Phi) is 3.66. The molecule has 0 spiro atoms. The molecule has 0 aliphatic carbocycles. The maximum absolute atomic E-state index is 13.3. The second-order valence-corrected chi connectivity index (χ2v) is 4.27. The fourth-order valence-electron chi connectivity index (χ4n) is 1.33. The Morgan fingerprint density at radius 1 is 1.28 bits per heavy atom. The van der Waals surface area contributed by atoms with Crippen LogP contribution in [0.4, 0.5) is 14.5 Å². The van der Waals surface area contributed by atoms with Crippen LogP contribution >= 0.6 is 15.9 Å². The van der Waals surface area contributed by atoms with E-state index in [2.05, 4.69) is 26.2 Å². The molecular weight excluding hydrogens is 306 g/mol. The summed E-state index contributed by atoms with van der Waals surface area (Å²) in [7, 11) is 0. The van der Waals surface area contributed by atoms with Crippen LogP contribution in [0.5, 0.6) is 0 Å². The molecule has 0 saturated carbocycles. The van der Waals surface area contributed by atoms with Crippen molar-refractivity contribution in [1.82, 2.24) is 4.98 Å². The first-order valence-corrected chi connectivity index (χ1v) is 5.74. The van der Waals surface area contributed by atoms with Gasteiger partial charge in [-0.1, -0.05) is 0 Å². The maximum atomic E-state index is 13.3. The average molecular weight is 313 g/mol. The Hall–Kier alpha value is -1.82. The van der Waals surface area contributed by atoms with Gasteiger partial charge in [0.1, 0.15) is 17.3 Å². The minimum Gasteiger partial charge on any atom is -0.318 e. The van der Waals surface area contributed by atoms with Crippen molar-refractivity contribution in [1.29, 1.82) is 0 Å². The Labute approximate surface area is 110 Å². The van der Waals surface area contributed by atoms with Gasteiger partial charge in [0.05, 0.1) is 5.69 Å². The van der Waals surface area contributed by atoms with E-state index in [0.29, 0.717) is 4.47 Å². The fraction of sp³-hybridized carbons (Fsp3) is 0. The van der Waals surface area contributed by atoms with E-state index in [1.54, 1.807) is 12.1 Å². The molecule has 18 heavy (non-hydrogen) atoms. The van der Waals surface area contributed by atoms with E-state index >= 15 is 0 Å². The lowest BCUT2D eigenvalue weighted by Crippen LogP contribution is -2.15. The Morgan fingerprint density at radius 3 is 2.78 bits per heavy atom. The summed E-state index contributed by atoms with van der Waals surface area (Å²) in [6.07, 6.45) is 1.43. The van der Waals surface area contributed by atoms with E-state index in [-0.39, 0.29) is 11.4 Å². The lowest BCUT2D eigenvalue weighted by Gasteiger charge is -2.06. The molecule has 1 aromatic heterocycles. The van der Waals surface area contributed by atoms with Crippen LogP contribution in [0.1, 0.15) is 10.5 Å². The van der Waals surface area contributed by atoms with Crippen LogP contribution in [0.2, 0.25) is 0 Å². The largest absolute Gasteiger partial charge is 0.318 e. The van der Waals surface area contributed by atoms with Gasteiger partial charge in [0.2, 0.25) is 0 Å². The molecule has 0 aliphatic heterocycles. The number of amides is 1.